The Morgan fingerprint density at radius 3 is 2.43 bits per heavy atom. The Morgan fingerprint density at radius 2 is 1.90 bits per heavy atom. The molecule has 21 heavy (non-hydrogen) atoms. The van der Waals surface area contributed by atoms with E-state index in [4.69, 9.17) is 5.11 Å². The van der Waals surface area contributed by atoms with Crippen LogP contribution < -0.4 is 5.32 Å². The van der Waals surface area contributed by atoms with E-state index in [9.17, 15) is 9.59 Å². The molecule has 0 saturated heterocycles. The number of nitrogens with zero attached hydrogens (tertiary/aromatic N) is 1. The van der Waals surface area contributed by atoms with Gasteiger partial charge in [0, 0.05) is 35.6 Å². The molecule has 1 aliphatic rings. The maximum atomic E-state index is 12.4. The first-order chi connectivity index (χ1) is 9.68. The van der Waals surface area contributed by atoms with Gasteiger partial charge in [0.2, 0.25) is 0 Å². The Morgan fingerprint density at radius 1 is 1.29 bits per heavy atom. The van der Waals surface area contributed by atoms with Crippen molar-refractivity contribution < 1.29 is 14.7 Å². The number of pyridine rings is 1. The van der Waals surface area contributed by atoms with E-state index in [0.29, 0.717) is 11.1 Å². The largest absolute Gasteiger partial charge is 0.478 e. The number of nitrogens with one attached hydrogen (secondary N) is 1. The first kappa shape index (κ1) is 15.2. The first-order valence-electron chi connectivity index (χ1n) is 6.84. The molecule has 0 spiro atoms. The molecule has 5 nitrogen and oxygen atoms in total. The first-order valence-corrected chi connectivity index (χ1v) is 6.84. The van der Waals surface area contributed by atoms with Crippen LogP contribution in [0.15, 0.2) is 24.5 Å². The molecule has 112 valence electrons. The van der Waals surface area contributed by atoms with Gasteiger partial charge in [-0.25, -0.2) is 4.79 Å². The number of carboxylic acids is 1. The molecule has 0 atom stereocenters. The minimum Gasteiger partial charge on any atom is -0.478 e. The highest BCUT2D eigenvalue weighted by molar-refractivity contribution is 5.99. The molecule has 2 N–H and O–H groups in total. The summed E-state index contributed by atoms with van der Waals surface area (Å²) in [5.74, 6) is -1.26. The van der Waals surface area contributed by atoms with Crippen LogP contribution in [0.1, 0.15) is 43.6 Å². The summed E-state index contributed by atoms with van der Waals surface area (Å²) >= 11 is 0. The number of hydrogen-bond donors (Lipinski definition) is 2. The van der Waals surface area contributed by atoms with Crippen LogP contribution in [-0.4, -0.2) is 28.0 Å². The molecule has 1 fully saturated rings. The average molecular weight is 288 g/mol. The summed E-state index contributed by atoms with van der Waals surface area (Å²) in [6.45, 7) is 8.48. The van der Waals surface area contributed by atoms with E-state index in [1.807, 2.05) is 0 Å². The highest BCUT2D eigenvalue weighted by Gasteiger charge is 2.65. The van der Waals surface area contributed by atoms with Gasteiger partial charge in [0.1, 0.15) is 0 Å². The van der Waals surface area contributed by atoms with Gasteiger partial charge in [-0.2, -0.15) is 0 Å². The normalized spacial score (nSPS) is 19.4. The lowest BCUT2D eigenvalue weighted by molar-refractivity contribution is -0.131. The van der Waals surface area contributed by atoms with Crippen molar-refractivity contribution in [3.05, 3.63) is 35.7 Å². The molecule has 5 heteroatoms. The molecule has 0 aromatic carbocycles. The van der Waals surface area contributed by atoms with E-state index in [0.717, 1.165) is 6.08 Å². The van der Waals surface area contributed by atoms with E-state index in [-0.39, 0.29) is 22.8 Å². The van der Waals surface area contributed by atoms with Gasteiger partial charge in [-0.05, 0) is 23.0 Å². The summed E-state index contributed by atoms with van der Waals surface area (Å²) in [5.41, 5.74) is 1.02. The zero-order valence-electron chi connectivity index (χ0n) is 12.7. The van der Waals surface area contributed by atoms with Gasteiger partial charge in [-0.1, -0.05) is 27.7 Å². The van der Waals surface area contributed by atoms with Crippen LogP contribution in [0.25, 0.3) is 6.08 Å². The fourth-order valence-electron chi connectivity index (χ4n) is 2.67. The number of amides is 1. The monoisotopic (exact) mass is 288 g/mol. The Kier molecular flexibility index (Phi) is 3.61. The van der Waals surface area contributed by atoms with Crippen molar-refractivity contribution in [2.45, 2.75) is 33.7 Å². The third-order valence-electron chi connectivity index (χ3n) is 4.80. The summed E-state index contributed by atoms with van der Waals surface area (Å²) in [4.78, 5) is 27.0. The number of rotatable bonds is 4. The van der Waals surface area contributed by atoms with Crippen LogP contribution in [0.4, 0.5) is 0 Å². The van der Waals surface area contributed by atoms with E-state index in [1.165, 1.54) is 18.5 Å². The summed E-state index contributed by atoms with van der Waals surface area (Å²) in [6.07, 6.45) is 5.39. The van der Waals surface area contributed by atoms with Crippen molar-refractivity contribution in [1.29, 1.82) is 0 Å². The van der Waals surface area contributed by atoms with Crippen LogP contribution in [0.2, 0.25) is 0 Å². The topological polar surface area (TPSA) is 79.3 Å². The summed E-state index contributed by atoms with van der Waals surface area (Å²) < 4.78 is 0. The molecule has 0 aliphatic heterocycles. The highest BCUT2D eigenvalue weighted by atomic mass is 16.4. The molecule has 1 aromatic heterocycles. The maximum Gasteiger partial charge on any atom is 0.328 e. The van der Waals surface area contributed by atoms with Crippen LogP contribution >= 0.6 is 0 Å². The fourth-order valence-corrected chi connectivity index (χ4v) is 2.67. The molecule has 0 radical (unpaired) electrons. The standard InChI is InChI=1S/C16H20N2O3/c1-15(2)14(16(15,3)4)18-13(21)11-7-8-17-9-10(11)5-6-12(19)20/h5-9,14H,1-4H3,(H,18,21)(H,19,20). The Bertz CT molecular complexity index is 604. The summed E-state index contributed by atoms with van der Waals surface area (Å²) in [5, 5.41) is 11.7. The molecular weight excluding hydrogens is 268 g/mol. The molecule has 1 heterocycles. The van der Waals surface area contributed by atoms with Gasteiger partial charge in [-0.15, -0.1) is 0 Å². The smallest absolute Gasteiger partial charge is 0.328 e. The molecule has 1 saturated carbocycles. The lowest BCUT2D eigenvalue weighted by Crippen LogP contribution is -2.30. The zero-order chi connectivity index (χ0) is 15.8. The van der Waals surface area contributed by atoms with Crippen LogP contribution in [0.5, 0.6) is 0 Å². The lowest BCUT2D eigenvalue weighted by Gasteiger charge is -2.09. The van der Waals surface area contributed by atoms with Gasteiger partial charge < -0.3 is 10.4 Å². The second kappa shape index (κ2) is 4.98. The third-order valence-corrected chi connectivity index (χ3v) is 4.80. The van der Waals surface area contributed by atoms with E-state index in [1.54, 1.807) is 6.07 Å². The lowest BCUT2D eigenvalue weighted by atomic mass is 10.0. The van der Waals surface area contributed by atoms with Crippen LogP contribution in [0, 0.1) is 10.8 Å². The van der Waals surface area contributed by atoms with Gasteiger partial charge in [0.05, 0.1) is 0 Å². The molecule has 1 amide bonds. The fraction of sp³-hybridized carbons (Fsp3) is 0.438. The molecule has 1 aromatic rings. The van der Waals surface area contributed by atoms with Crippen LogP contribution in [-0.2, 0) is 4.79 Å². The molecule has 1 aliphatic carbocycles. The second-order valence-electron chi connectivity index (χ2n) is 6.48. The maximum absolute atomic E-state index is 12.4. The van der Waals surface area contributed by atoms with Crippen molar-refractivity contribution in [3.63, 3.8) is 0 Å². The molecule has 0 bridgehead atoms. The van der Waals surface area contributed by atoms with Crippen molar-refractivity contribution in [2.24, 2.45) is 10.8 Å². The highest BCUT2D eigenvalue weighted by Crippen LogP contribution is 2.62. The molecular formula is C16H20N2O3. The Balaban J connectivity index is 2.20. The van der Waals surface area contributed by atoms with Crippen molar-refractivity contribution in [1.82, 2.24) is 10.3 Å². The number of carbonyl (C=O) groups is 2. The quantitative estimate of drug-likeness (QED) is 0.833. The number of hydrogen-bond acceptors (Lipinski definition) is 3. The van der Waals surface area contributed by atoms with Gasteiger partial charge in [0.25, 0.3) is 5.91 Å². The van der Waals surface area contributed by atoms with Crippen molar-refractivity contribution >= 4 is 18.0 Å². The molecule has 2 rings (SSSR count). The van der Waals surface area contributed by atoms with E-state index >= 15 is 0 Å². The number of aliphatic carboxylic acids is 1. The van der Waals surface area contributed by atoms with E-state index in [2.05, 4.69) is 38.0 Å². The van der Waals surface area contributed by atoms with Gasteiger partial charge in [0.15, 0.2) is 0 Å². The Labute approximate surface area is 124 Å². The van der Waals surface area contributed by atoms with Crippen LogP contribution in [0.3, 0.4) is 0 Å². The number of carboxylic acid groups (broad SMARTS) is 1. The summed E-state index contributed by atoms with van der Waals surface area (Å²) in [6, 6.07) is 1.70. The third kappa shape index (κ3) is 2.68. The predicted molar refractivity (Wildman–Crippen MR) is 79.7 cm³/mol. The second-order valence-corrected chi connectivity index (χ2v) is 6.48. The Hall–Kier alpha value is -2.17. The van der Waals surface area contributed by atoms with Crippen molar-refractivity contribution in [2.75, 3.05) is 0 Å². The van der Waals surface area contributed by atoms with E-state index < -0.39 is 5.97 Å². The predicted octanol–water partition coefficient (Wildman–Crippen LogP) is 2.34. The zero-order valence-corrected chi connectivity index (χ0v) is 12.7. The number of carbonyl (C=O) groups excluding carboxylic acids is 1. The SMILES string of the molecule is CC1(C)C(NC(=O)c2ccncc2C=CC(=O)O)C1(C)C. The van der Waals surface area contributed by atoms with Gasteiger partial charge >= 0.3 is 5.97 Å². The molecule has 0 unspecified atom stereocenters. The number of aromatic nitrogens is 1. The average Bonchev–Trinajstić information content (AvgIpc) is 2.79. The van der Waals surface area contributed by atoms with Gasteiger partial charge in [-0.3, -0.25) is 9.78 Å². The summed E-state index contributed by atoms with van der Waals surface area (Å²) in [7, 11) is 0. The minimum absolute atomic E-state index is 0.0484. The minimum atomic E-state index is -1.06. The van der Waals surface area contributed by atoms with Crippen molar-refractivity contribution in [3.8, 4) is 0 Å².